The number of nitriles is 1. The fourth-order valence-corrected chi connectivity index (χ4v) is 2.88. The Hall–Kier alpha value is -2.59. The van der Waals surface area contributed by atoms with Crippen molar-refractivity contribution >= 4 is 21.4 Å². The zero-order valence-electron chi connectivity index (χ0n) is 10.2. The van der Waals surface area contributed by atoms with Crippen molar-refractivity contribution in [1.82, 2.24) is 0 Å². The van der Waals surface area contributed by atoms with Gasteiger partial charge in [-0.3, -0.25) is 4.72 Å². The van der Waals surface area contributed by atoms with Crippen molar-refractivity contribution in [3.05, 3.63) is 53.8 Å². The van der Waals surface area contributed by atoms with Gasteiger partial charge in [0, 0.05) is 0 Å². The fourth-order valence-electron chi connectivity index (χ4n) is 1.63. The van der Waals surface area contributed by atoms with Crippen molar-refractivity contribution in [3.63, 3.8) is 0 Å². The summed E-state index contributed by atoms with van der Waals surface area (Å²) in [6.07, 6.45) is 0. The van der Waals surface area contributed by atoms with Crippen LogP contribution < -0.4 is 10.5 Å². The first-order valence-electron chi connectivity index (χ1n) is 5.51. The molecule has 0 aliphatic carbocycles. The van der Waals surface area contributed by atoms with E-state index in [1.165, 1.54) is 18.2 Å². The van der Waals surface area contributed by atoms with E-state index in [1.807, 2.05) is 0 Å². The van der Waals surface area contributed by atoms with E-state index >= 15 is 0 Å². The Morgan fingerprint density at radius 3 is 2.50 bits per heavy atom. The van der Waals surface area contributed by atoms with Gasteiger partial charge in [-0.15, -0.1) is 0 Å². The van der Waals surface area contributed by atoms with Crippen molar-refractivity contribution in [3.8, 4) is 6.07 Å². The zero-order chi connectivity index (χ0) is 14.8. The number of sulfonamides is 1. The first kappa shape index (κ1) is 13.8. The molecule has 20 heavy (non-hydrogen) atoms. The van der Waals surface area contributed by atoms with Gasteiger partial charge < -0.3 is 5.73 Å². The average Bonchev–Trinajstić information content (AvgIpc) is 2.41. The van der Waals surface area contributed by atoms with Crippen LogP contribution in [0.4, 0.5) is 15.8 Å². The van der Waals surface area contributed by atoms with Crippen LogP contribution in [0.2, 0.25) is 0 Å². The second-order valence-corrected chi connectivity index (χ2v) is 5.57. The Kier molecular flexibility index (Phi) is 3.59. The first-order valence-corrected chi connectivity index (χ1v) is 7.00. The number of para-hydroxylation sites is 2. The number of nitrogens with one attached hydrogen (secondary N) is 1. The highest BCUT2D eigenvalue weighted by molar-refractivity contribution is 7.92. The van der Waals surface area contributed by atoms with Gasteiger partial charge in [-0.1, -0.05) is 18.2 Å². The molecule has 7 heteroatoms. The predicted molar refractivity (Wildman–Crippen MR) is 72.8 cm³/mol. The smallest absolute Gasteiger partial charge is 0.263 e. The van der Waals surface area contributed by atoms with Gasteiger partial charge in [-0.25, -0.2) is 12.8 Å². The highest BCUT2D eigenvalue weighted by Gasteiger charge is 2.21. The maximum absolute atomic E-state index is 13.5. The normalized spacial score (nSPS) is 10.8. The minimum absolute atomic E-state index is 0.167. The molecule has 0 radical (unpaired) electrons. The van der Waals surface area contributed by atoms with E-state index < -0.39 is 26.3 Å². The summed E-state index contributed by atoms with van der Waals surface area (Å²) >= 11 is 0. The van der Waals surface area contributed by atoms with Crippen LogP contribution in [0.5, 0.6) is 0 Å². The number of benzene rings is 2. The Balaban J connectivity index is 2.50. The average molecular weight is 291 g/mol. The van der Waals surface area contributed by atoms with Crippen LogP contribution in [0.1, 0.15) is 5.56 Å². The summed E-state index contributed by atoms with van der Waals surface area (Å²) in [7, 11) is -4.09. The molecule has 0 spiro atoms. The van der Waals surface area contributed by atoms with Crippen LogP contribution in [0.3, 0.4) is 0 Å². The molecule has 0 amide bonds. The minimum Gasteiger partial charge on any atom is -0.397 e. The number of halogens is 1. The third-order valence-corrected chi connectivity index (χ3v) is 3.99. The van der Waals surface area contributed by atoms with E-state index in [-0.39, 0.29) is 11.4 Å². The van der Waals surface area contributed by atoms with Crippen molar-refractivity contribution < 1.29 is 12.8 Å². The maximum Gasteiger partial charge on any atom is 0.263 e. The minimum atomic E-state index is -4.09. The van der Waals surface area contributed by atoms with Crippen LogP contribution >= 0.6 is 0 Å². The molecule has 0 bridgehead atoms. The summed E-state index contributed by atoms with van der Waals surface area (Å²) in [5, 5.41) is 8.88. The summed E-state index contributed by atoms with van der Waals surface area (Å²) in [4.78, 5) is -0.428. The van der Waals surface area contributed by atoms with Gasteiger partial charge in [0.25, 0.3) is 10.0 Å². The summed E-state index contributed by atoms with van der Waals surface area (Å²) < 4.78 is 40.1. The molecule has 2 aromatic carbocycles. The van der Waals surface area contributed by atoms with Gasteiger partial charge in [0.1, 0.15) is 22.3 Å². The molecule has 0 aliphatic heterocycles. The lowest BCUT2D eigenvalue weighted by atomic mass is 10.2. The molecule has 0 atom stereocenters. The van der Waals surface area contributed by atoms with Crippen LogP contribution in [-0.2, 0) is 10.0 Å². The van der Waals surface area contributed by atoms with Crippen LogP contribution in [-0.4, -0.2) is 8.42 Å². The summed E-state index contributed by atoms with van der Waals surface area (Å²) in [6.45, 7) is 0. The third kappa shape index (κ3) is 2.55. The van der Waals surface area contributed by atoms with Crippen molar-refractivity contribution in [2.45, 2.75) is 4.90 Å². The first-order chi connectivity index (χ1) is 9.45. The van der Waals surface area contributed by atoms with Gasteiger partial charge in [0.15, 0.2) is 0 Å². The van der Waals surface area contributed by atoms with Crippen molar-refractivity contribution in [2.75, 3.05) is 10.5 Å². The molecule has 0 aromatic heterocycles. The molecule has 0 heterocycles. The van der Waals surface area contributed by atoms with Crippen molar-refractivity contribution in [2.24, 2.45) is 0 Å². The van der Waals surface area contributed by atoms with Gasteiger partial charge >= 0.3 is 0 Å². The maximum atomic E-state index is 13.5. The van der Waals surface area contributed by atoms with Gasteiger partial charge in [0.2, 0.25) is 0 Å². The number of hydrogen-bond acceptors (Lipinski definition) is 4. The number of nitrogen functional groups attached to an aromatic ring is 1. The third-order valence-electron chi connectivity index (χ3n) is 2.58. The Morgan fingerprint density at radius 1 is 1.15 bits per heavy atom. The highest BCUT2D eigenvalue weighted by atomic mass is 32.2. The van der Waals surface area contributed by atoms with Crippen molar-refractivity contribution in [1.29, 1.82) is 5.26 Å². The highest BCUT2D eigenvalue weighted by Crippen LogP contribution is 2.24. The largest absolute Gasteiger partial charge is 0.397 e. The van der Waals surface area contributed by atoms with E-state index in [9.17, 15) is 12.8 Å². The van der Waals surface area contributed by atoms with Gasteiger partial charge in [-0.2, -0.15) is 5.26 Å². The molecule has 2 aromatic rings. The van der Waals surface area contributed by atoms with E-state index in [4.69, 9.17) is 11.0 Å². The Labute approximate surface area is 115 Å². The molecular formula is C13H10FN3O2S. The van der Waals surface area contributed by atoms with Gasteiger partial charge in [0.05, 0.1) is 11.4 Å². The monoisotopic (exact) mass is 291 g/mol. The predicted octanol–water partition coefficient (Wildman–Crippen LogP) is 2.08. The molecular weight excluding hydrogens is 281 g/mol. The molecule has 102 valence electrons. The number of nitrogens with zero attached hydrogens (tertiary/aromatic N) is 1. The standard InChI is InChI=1S/C13H10FN3O2S/c14-10-4-3-7-13(9(10)8-15)20(18,19)17-12-6-2-1-5-11(12)16/h1-7,17H,16H2. The summed E-state index contributed by atoms with van der Waals surface area (Å²) in [5.74, 6) is -0.892. The molecule has 0 saturated heterocycles. The molecule has 0 saturated carbocycles. The molecule has 0 unspecified atom stereocenters. The lowest BCUT2D eigenvalue weighted by molar-refractivity contribution is 0.593. The summed E-state index contributed by atoms with van der Waals surface area (Å²) in [5.41, 5.74) is 5.50. The Morgan fingerprint density at radius 2 is 1.85 bits per heavy atom. The second-order valence-electron chi connectivity index (χ2n) is 3.92. The molecule has 0 fully saturated rings. The quantitative estimate of drug-likeness (QED) is 0.846. The molecule has 0 aliphatic rings. The molecule has 5 nitrogen and oxygen atoms in total. The van der Waals surface area contributed by atoms with E-state index in [0.717, 1.165) is 12.1 Å². The number of rotatable bonds is 3. The number of hydrogen-bond donors (Lipinski definition) is 2. The van der Waals surface area contributed by atoms with E-state index in [1.54, 1.807) is 18.2 Å². The van der Waals surface area contributed by atoms with E-state index in [2.05, 4.69) is 4.72 Å². The number of nitrogens with two attached hydrogens (primary N) is 1. The fraction of sp³-hybridized carbons (Fsp3) is 0. The van der Waals surface area contributed by atoms with E-state index in [0.29, 0.717) is 0 Å². The lowest BCUT2D eigenvalue weighted by Gasteiger charge is -2.11. The zero-order valence-corrected chi connectivity index (χ0v) is 11.0. The summed E-state index contributed by atoms with van der Waals surface area (Å²) in [6, 6.07) is 11.2. The SMILES string of the molecule is N#Cc1c(F)cccc1S(=O)(=O)Nc1ccccc1N. The molecule has 2 rings (SSSR count). The van der Waals surface area contributed by atoms with Crippen LogP contribution in [0, 0.1) is 17.1 Å². The number of anilines is 2. The molecule has 3 N–H and O–H groups in total. The second kappa shape index (κ2) is 5.19. The van der Waals surface area contributed by atoms with Crippen LogP contribution in [0.25, 0.3) is 0 Å². The topological polar surface area (TPSA) is 96.0 Å². The Bertz CT molecular complexity index is 798. The lowest BCUT2D eigenvalue weighted by Crippen LogP contribution is -2.16. The van der Waals surface area contributed by atoms with Gasteiger partial charge in [-0.05, 0) is 24.3 Å². The van der Waals surface area contributed by atoms with Crippen LogP contribution in [0.15, 0.2) is 47.4 Å².